The van der Waals surface area contributed by atoms with Gasteiger partial charge in [-0.1, -0.05) is 83.1 Å². The zero-order chi connectivity index (χ0) is 25.1. The van der Waals surface area contributed by atoms with Crippen molar-refractivity contribution in [2.75, 3.05) is 10.7 Å². The average molecular weight is 563 g/mol. The van der Waals surface area contributed by atoms with E-state index in [4.69, 9.17) is 9.47 Å². The molecule has 1 atom stereocenters. The van der Waals surface area contributed by atoms with Gasteiger partial charge in [0, 0.05) is 17.0 Å². The third-order valence-corrected chi connectivity index (χ3v) is 6.81. The van der Waals surface area contributed by atoms with E-state index in [1.54, 1.807) is 4.90 Å². The van der Waals surface area contributed by atoms with Gasteiger partial charge in [-0.3, -0.25) is 9.69 Å². The predicted molar refractivity (Wildman–Crippen MR) is 143 cm³/mol. The summed E-state index contributed by atoms with van der Waals surface area (Å²) in [6.07, 6.45) is -0.843. The molecule has 1 aliphatic heterocycles. The van der Waals surface area contributed by atoms with Gasteiger partial charge in [-0.05, 0) is 35.6 Å². The largest absolute Gasteiger partial charge is 0.488 e. The minimum absolute atomic E-state index is 0.189. The fourth-order valence-corrected chi connectivity index (χ4v) is 4.91. The number of fused-ring (bicyclic) bond motifs is 3. The van der Waals surface area contributed by atoms with Crippen LogP contribution < -0.4 is 14.4 Å². The molecule has 0 aliphatic carbocycles. The molecule has 0 bridgehead atoms. The number of ether oxygens (including phenoxy) is 2. The van der Waals surface area contributed by atoms with Crippen LogP contribution in [0.2, 0.25) is 0 Å². The molecule has 4 aromatic rings. The minimum Gasteiger partial charge on any atom is -0.488 e. The number of halogens is 1. The normalized spacial score (nSPS) is 14.3. The van der Waals surface area contributed by atoms with Crippen LogP contribution in [0.15, 0.2) is 82.4 Å². The number of rotatable bonds is 6. The third kappa shape index (κ3) is 4.94. The molecule has 5 rings (SSSR count). The molecule has 0 saturated carbocycles. The fraction of sp³-hybridized carbons (Fsp3) is 0.185. The van der Waals surface area contributed by atoms with E-state index >= 15 is 0 Å². The van der Waals surface area contributed by atoms with E-state index in [0.29, 0.717) is 40.3 Å². The molecule has 0 unspecified atom stereocenters. The number of hydrogen-bond acceptors (Lipinski definition) is 7. The summed E-state index contributed by atoms with van der Waals surface area (Å²) < 4.78 is 13.6. The van der Waals surface area contributed by atoms with Crippen molar-refractivity contribution < 1.29 is 14.3 Å². The second kappa shape index (κ2) is 10.7. The molecule has 7 nitrogen and oxygen atoms in total. The zero-order valence-corrected chi connectivity index (χ0v) is 22.1. The first-order valence-electron chi connectivity index (χ1n) is 11.4. The maximum atomic E-state index is 13.1. The molecule has 0 N–H and O–H groups in total. The smallest absolute Gasteiger partial charge is 0.247 e. The first kappa shape index (κ1) is 24.3. The summed E-state index contributed by atoms with van der Waals surface area (Å²) in [5.74, 6) is 1.52. The van der Waals surface area contributed by atoms with Crippen LogP contribution in [0.3, 0.4) is 0 Å². The SMILES string of the molecule is CCSc1nnc2c(n1)O[C@H](c1cc(Br)ccc1OCc1ccccc1)N(C(C)=O)c1ccccc1-2. The first-order chi connectivity index (χ1) is 17.5. The van der Waals surface area contributed by atoms with E-state index in [2.05, 4.69) is 31.1 Å². The fourth-order valence-electron chi connectivity index (χ4n) is 4.02. The lowest BCUT2D eigenvalue weighted by Gasteiger charge is -2.31. The number of thioether (sulfide) groups is 1. The van der Waals surface area contributed by atoms with Gasteiger partial charge in [0.25, 0.3) is 0 Å². The highest BCUT2D eigenvalue weighted by Gasteiger charge is 2.36. The van der Waals surface area contributed by atoms with E-state index in [0.717, 1.165) is 21.4 Å². The Kier molecular flexibility index (Phi) is 7.20. The Morgan fingerprint density at radius 3 is 2.64 bits per heavy atom. The van der Waals surface area contributed by atoms with Gasteiger partial charge in [0.15, 0.2) is 5.69 Å². The molecule has 0 radical (unpaired) electrons. The van der Waals surface area contributed by atoms with Gasteiger partial charge in [0.05, 0.1) is 11.3 Å². The van der Waals surface area contributed by atoms with Crippen molar-refractivity contribution in [1.82, 2.24) is 15.2 Å². The van der Waals surface area contributed by atoms with Crippen molar-refractivity contribution in [3.8, 4) is 22.9 Å². The number of aromatic nitrogens is 3. The lowest BCUT2D eigenvalue weighted by atomic mass is 10.1. The first-order valence-corrected chi connectivity index (χ1v) is 13.2. The predicted octanol–water partition coefficient (Wildman–Crippen LogP) is 6.44. The highest BCUT2D eigenvalue weighted by molar-refractivity contribution is 9.10. The van der Waals surface area contributed by atoms with E-state index in [1.807, 2.05) is 79.7 Å². The molecule has 3 aromatic carbocycles. The Morgan fingerprint density at radius 2 is 1.86 bits per heavy atom. The van der Waals surface area contributed by atoms with Crippen molar-refractivity contribution in [1.29, 1.82) is 0 Å². The summed E-state index contributed by atoms with van der Waals surface area (Å²) in [5.41, 5.74) is 3.59. The van der Waals surface area contributed by atoms with Crippen LogP contribution in [-0.4, -0.2) is 26.8 Å². The maximum absolute atomic E-state index is 13.1. The number of carbonyl (C=O) groups is 1. The minimum atomic E-state index is -0.843. The van der Waals surface area contributed by atoms with Gasteiger partial charge in [0.1, 0.15) is 12.4 Å². The van der Waals surface area contributed by atoms with E-state index in [9.17, 15) is 4.79 Å². The molecule has 0 saturated heterocycles. The van der Waals surface area contributed by atoms with Crippen molar-refractivity contribution in [2.24, 2.45) is 0 Å². The maximum Gasteiger partial charge on any atom is 0.247 e. The number of nitrogens with zero attached hydrogens (tertiary/aromatic N) is 4. The van der Waals surface area contributed by atoms with Crippen molar-refractivity contribution in [3.63, 3.8) is 0 Å². The Morgan fingerprint density at radius 1 is 1.08 bits per heavy atom. The number of benzene rings is 3. The van der Waals surface area contributed by atoms with Gasteiger partial charge >= 0.3 is 0 Å². The van der Waals surface area contributed by atoms with Crippen molar-refractivity contribution in [3.05, 3.63) is 88.4 Å². The highest BCUT2D eigenvalue weighted by Crippen LogP contribution is 2.45. The Hall–Kier alpha value is -3.43. The number of carbonyl (C=O) groups excluding carboxylic acids is 1. The van der Waals surface area contributed by atoms with Crippen LogP contribution in [-0.2, 0) is 11.4 Å². The van der Waals surface area contributed by atoms with E-state index in [-0.39, 0.29) is 5.91 Å². The monoisotopic (exact) mass is 562 g/mol. The standard InChI is InChI=1S/C27H23BrN4O3S/c1-3-36-27-29-25-24(30-31-27)20-11-7-8-12-22(20)32(17(2)33)26(35-25)21-15-19(28)13-14-23(21)34-16-18-9-5-4-6-10-18/h4-15,26H,3,16H2,1-2H3/t26-/m1/s1. The van der Waals surface area contributed by atoms with Crippen LogP contribution in [0.5, 0.6) is 11.6 Å². The zero-order valence-electron chi connectivity index (χ0n) is 19.7. The van der Waals surface area contributed by atoms with Gasteiger partial charge < -0.3 is 9.47 Å². The van der Waals surface area contributed by atoms with Gasteiger partial charge in [0.2, 0.25) is 23.2 Å². The molecule has 36 heavy (non-hydrogen) atoms. The molecular formula is C27H23BrN4O3S. The van der Waals surface area contributed by atoms with Gasteiger partial charge in [-0.2, -0.15) is 4.98 Å². The Bertz CT molecular complexity index is 1400. The molecule has 2 heterocycles. The Labute approximate surface area is 222 Å². The van der Waals surface area contributed by atoms with Gasteiger partial charge in [-0.25, -0.2) is 0 Å². The summed E-state index contributed by atoms with van der Waals surface area (Å²) in [6.45, 7) is 3.91. The quantitative estimate of drug-likeness (QED) is 0.250. The lowest BCUT2D eigenvalue weighted by molar-refractivity contribution is -0.118. The van der Waals surface area contributed by atoms with Crippen LogP contribution in [0.1, 0.15) is 31.2 Å². The topological polar surface area (TPSA) is 77.4 Å². The Balaban J connectivity index is 1.65. The summed E-state index contributed by atoms with van der Waals surface area (Å²) >= 11 is 5.05. The number of amides is 1. The molecule has 9 heteroatoms. The summed E-state index contributed by atoms with van der Waals surface area (Å²) in [6, 6.07) is 23.2. The second-order valence-corrected chi connectivity index (χ2v) is 10.2. The van der Waals surface area contributed by atoms with Crippen molar-refractivity contribution in [2.45, 2.75) is 31.8 Å². The molecule has 1 aromatic heterocycles. The molecular weight excluding hydrogens is 540 g/mol. The number of para-hydroxylation sites is 1. The summed E-state index contributed by atoms with van der Waals surface area (Å²) in [4.78, 5) is 19.4. The van der Waals surface area contributed by atoms with Crippen LogP contribution >= 0.6 is 27.7 Å². The lowest BCUT2D eigenvalue weighted by Crippen LogP contribution is -2.36. The summed E-state index contributed by atoms with van der Waals surface area (Å²) in [7, 11) is 0. The molecule has 1 amide bonds. The average Bonchev–Trinajstić information content (AvgIpc) is 3.03. The molecule has 1 aliphatic rings. The van der Waals surface area contributed by atoms with Crippen molar-refractivity contribution >= 4 is 39.3 Å². The number of anilines is 1. The molecule has 182 valence electrons. The second-order valence-electron chi connectivity index (χ2n) is 8.01. The number of hydrogen-bond donors (Lipinski definition) is 0. The van der Waals surface area contributed by atoms with E-state index < -0.39 is 6.23 Å². The van der Waals surface area contributed by atoms with E-state index in [1.165, 1.54) is 18.7 Å². The highest BCUT2D eigenvalue weighted by atomic mass is 79.9. The van der Waals surface area contributed by atoms with Crippen LogP contribution in [0.25, 0.3) is 11.3 Å². The third-order valence-electron chi connectivity index (χ3n) is 5.60. The van der Waals surface area contributed by atoms with Crippen LogP contribution in [0.4, 0.5) is 5.69 Å². The molecule has 0 fully saturated rings. The van der Waals surface area contributed by atoms with Gasteiger partial charge in [-0.15, -0.1) is 10.2 Å². The summed E-state index contributed by atoms with van der Waals surface area (Å²) in [5, 5.41) is 9.22. The molecule has 0 spiro atoms. The van der Waals surface area contributed by atoms with Crippen LogP contribution in [0, 0.1) is 0 Å².